The molecule has 56 valence electrons. The van der Waals surface area contributed by atoms with Crippen LogP contribution in [0.3, 0.4) is 0 Å². The molecule has 0 saturated carbocycles. The predicted molar refractivity (Wildman–Crippen MR) is 46.1 cm³/mol. The van der Waals surface area contributed by atoms with Crippen molar-refractivity contribution in [3.63, 3.8) is 0 Å². The summed E-state index contributed by atoms with van der Waals surface area (Å²) >= 11 is 0. The Bertz CT molecular complexity index is 166. The van der Waals surface area contributed by atoms with Crippen molar-refractivity contribution < 1.29 is 0 Å². The molecule has 0 bridgehead atoms. The lowest BCUT2D eigenvalue weighted by molar-refractivity contribution is 0.507. The fourth-order valence-corrected chi connectivity index (χ4v) is 0.537. The van der Waals surface area contributed by atoms with E-state index in [1.807, 2.05) is 32.0 Å². The highest BCUT2D eigenvalue weighted by molar-refractivity contribution is 5.30. The second-order valence-corrected chi connectivity index (χ2v) is 2.40. The lowest BCUT2D eigenvalue weighted by Crippen LogP contribution is -2.08. The van der Waals surface area contributed by atoms with E-state index >= 15 is 0 Å². The van der Waals surface area contributed by atoms with Gasteiger partial charge in [0.1, 0.15) is 5.82 Å². The van der Waals surface area contributed by atoms with Gasteiger partial charge in [0.15, 0.2) is 0 Å². The summed E-state index contributed by atoms with van der Waals surface area (Å²) in [4.78, 5) is 5.69. The van der Waals surface area contributed by atoms with E-state index in [0.29, 0.717) is 0 Å². The molecular formula is C8H14N2. The maximum absolute atomic E-state index is 3.80. The minimum atomic E-state index is 0.840. The normalized spacial score (nSPS) is 10.9. The summed E-state index contributed by atoms with van der Waals surface area (Å²) in [6.45, 7) is 9.09. The van der Waals surface area contributed by atoms with Crippen molar-refractivity contribution in [1.29, 1.82) is 0 Å². The van der Waals surface area contributed by atoms with Crippen molar-refractivity contribution in [2.75, 3.05) is 14.1 Å². The average molecular weight is 138 g/mol. The van der Waals surface area contributed by atoms with E-state index in [-0.39, 0.29) is 0 Å². The van der Waals surface area contributed by atoms with Crippen LogP contribution in [0.2, 0.25) is 0 Å². The molecule has 0 rings (SSSR count). The van der Waals surface area contributed by atoms with Crippen molar-refractivity contribution in [1.82, 2.24) is 4.90 Å². The Labute approximate surface area is 62.6 Å². The molecule has 0 aliphatic rings. The van der Waals surface area contributed by atoms with Crippen molar-refractivity contribution >= 4 is 6.72 Å². The first-order chi connectivity index (χ1) is 4.57. The quantitative estimate of drug-likeness (QED) is 0.428. The molecule has 2 nitrogen and oxygen atoms in total. The van der Waals surface area contributed by atoms with E-state index in [1.54, 1.807) is 0 Å². The van der Waals surface area contributed by atoms with E-state index in [1.165, 1.54) is 0 Å². The first kappa shape index (κ1) is 8.95. The summed E-state index contributed by atoms with van der Waals surface area (Å²) < 4.78 is 0. The highest BCUT2D eigenvalue weighted by Gasteiger charge is 1.92. The van der Waals surface area contributed by atoms with Gasteiger partial charge < -0.3 is 4.90 Å². The van der Waals surface area contributed by atoms with Crippen LogP contribution in [-0.2, 0) is 0 Å². The van der Waals surface area contributed by atoms with E-state index in [0.717, 1.165) is 11.4 Å². The molecule has 0 aliphatic heterocycles. The van der Waals surface area contributed by atoms with Gasteiger partial charge in [-0.15, -0.1) is 0 Å². The fourth-order valence-electron chi connectivity index (χ4n) is 0.537. The lowest BCUT2D eigenvalue weighted by atomic mass is 10.3. The molecule has 10 heavy (non-hydrogen) atoms. The molecule has 0 unspecified atom stereocenters. The van der Waals surface area contributed by atoms with Crippen LogP contribution in [0.5, 0.6) is 0 Å². The topological polar surface area (TPSA) is 15.6 Å². The molecule has 0 aromatic heterocycles. The Balaban J connectivity index is 4.33. The van der Waals surface area contributed by atoms with Gasteiger partial charge in [-0.3, -0.25) is 0 Å². The zero-order valence-electron chi connectivity index (χ0n) is 6.89. The Morgan fingerprint density at radius 2 is 2.00 bits per heavy atom. The molecule has 0 radical (unpaired) electrons. The second-order valence-electron chi connectivity index (χ2n) is 2.40. The maximum atomic E-state index is 3.80. The Morgan fingerprint density at radius 3 is 2.10 bits per heavy atom. The zero-order chi connectivity index (χ0) is 8.15. The van der Waals surface area contributed by atoms with Gasteiger partial charge in [0.25, 0.3) is 0 Å². The number of allylic oxidation sites excluding steroid dienone is 2. The third kappa shape index (κ3) is 3.07. The van der Waals surface area contributed by atoms with Gasteiger partial charge in [-0.25, -0.2) is 4.99 Å². The van der Waals surface area contributed by atoms with Crippen LogP contribution in [0, 0.1) is 0 Å². The van der Waals surface area contributed by atoms with Crippen LogP contribution >= 0.6 is 0 Å². The third-order valence-corrected chi connectivity index (χ3v) is 0.996. The van der Waals surface area contributed by atoms with Crippen LogP contribution < -0.4 is 0 Å². The summed E-state index contributed by atoms with van der Waals surface area (Å²) in [5.41, 5.74) is 0.983. The fraction of sp³-hybridized carbons (Fsp3) is 0.375. The van der Waals surface area contributed by atoms with Gasteiger partial charge in [-0.1, -0.05) is 12.2 Å². The highest BCUT2D eigenvalue weighted by Crippen LogP contribution is 2.02. The van der Waals surface area contributed by atoms with Gasteiger partial charge >= 0.3 is 0 Å². The smallest absolute Gasteiger partial charge is 0.127 e. The molecule has 2 heteroatoms. The number of rotatable bonds is 3. The van der Waals surface area contributed by atoms with Crippen LogP contribution in [0.25, 0.3) is 0 Å². The molecule has 0 N–H and O–H groups in total. The van der Waals surface area contributed by atoms with E-state index < -0.39 is 0 Å². The van der Waals surface area contributed by atoms with Gasteiger partial charge in [-0.2, -0.15) is 0 Å². The summed E-state index contributed by atoms with van der Waals surface area (Å²) in [6, 6.07) is 0. The third-order valence-electron chi connectivity index (χ3n) is 0.996. The molecule has 0 heterocycles. The molecule has 0 aliphatic carbocycles. The summed E-state index contributed by atoms with van der Waals surface area (Å²) in [5, 5.41) is 0. The predicted octanol–water partition coefficient (Wildman–Crippen LogP) is 1.67. The Hall–Kier alpha value is -1.05. The minimum absolute atomic E-state index is 0.840. The van der Waals surface area contributed by atoms with Gasteiger partial charge in [0.05, 0.1) is 0 Å². The van der Waals surface area contributed by atoms with Crippen LogP contribution in [0.1, 0.15) is 6.92 Å². The summed E-state index contributed by atoms with van der Waals surface area (Å²) in [7, 11) is 3.84. The number of hydrogen-bond acceptors (Lipinski definition) is 2. The van der Waals surface area contributed by atoms with Gasteiger partial charge in [-0.05, 0) is 19.7 Å². The first-order valence-electron chi connectivity index (χ1n) is 3.09. The van der Waals surface area contributed by atoms with Crippen LogP contribution in [0.15, 0.2) is 29.0 Å². The molecule has 0 saturated heterocycles. The SMILES string of the molecule is C=N/C(=C\C(=C)C)N(C)C. The molecule has 0 spiro atoms. The largest absolute Gasteiger partial charge is 0.363 e. The van der Waals surface area contributed by atoms with E-state index in [4.69, 9.17) is 0 Å². The second kappa shape index (κ2) is 3.88. The molecule has 0 fully saturated rings. The Morgan fingerprint density at radius 1 is 1.50 bits per heavy atom. The standard InChI is InChI=1S/C8H14N2/c1-7(2)6-8(9-3)10(4)5/h6H,1,3H2,2,4-5H3/b8-6+. The molecular weight excluding hydrogens is 124 g/mol. The van der Waals surface area contributed by atoms with E-state index in [9.17, 15) is 0 Å². The van der Waals surface area contributed by atoms with Crippen LogP contribution in [0.4, 0.5) is 0 Å². The lowest BCUT2D eigenvalue weighted by Gasteiger charge is -2.11. The van der Waals surface area contributed by atoms with Crippen molar-refractivity contribution in [2.45, 2.75) is 6.92 Å². The highest BCUT2D eigenvalue weighted by atomic mass is 15.2. The zero-order valence-corrected chi connectivity index (χ0v) is 6.89. The Kier molecular flexibility index (Phi) is 3.47. The van der Waals surface area contributed by atoms with Gasteiger partial charge in [0.2, 0.25) is 0 Å². The van der Waals surface area contributed by atoms with Gasteiger partial charge in [0, 0.05) is 14.1 Å². The molecule has 0 aromatic rings. The van der Waals surface area contributed by atoms with Crippen molar-refractivity contribution in [3.05, 3.63) is 24.0 Å². The van der Waals surface area contributed by atoms with Crippen molar-refractivity contribution in [3.8, 4) is 0 Å². The average Bonchev–Trinajstić information content (AvgIpc) is 1.81. The first-order valence-corrected chi connectivity index (χ1v) is 3.09. The van der Waals surface area contributed by atoms with Crippen LogP contribution in [-0.4, -0.2) is 25.7 Å². The number of nitrogens with zero attached hydrogens (tertiary/aromatic N) is 2. The summed E-state index contributed by atoms with van der Waals surface area (Å²) in [6.07, 6.45) is 1.88. The minimum Gasteiger partial charge on any atom is -0.363 e. The molecule has 0 amide bonds. The van der Waals surface area contributed by atoms with Crippen molar-refractivity contribution in [2.24, 2.45) is 4.99 Å². The number of hydrogen-bond donors (Lipinski definition) is 0. The molecule has 0 atom stereocenters. The summed E-state index contributed by atoms with van der Waals surface area (Å²) in [5.74, 6) is 0.840. The monoisotopic (exact) mass is 138 g/mol. The van der Waals surface area contributed by atoms with E-state index in [2.05, 4.69) is 18.3 Å². The molecule has 0 aromatic carbocycles. The number of aliphatic imine (C=N–C) groups is 1. The maximum Gasteiger partial charge on any atom is 0.127 e.